The first-order valence-electron chi connectivity index (χ1n) is 10.9. The van der Waals surface area contributed by atoms with Gasteiger partial charge in [0.25, 0.3) is 11.8 Å². The average molecular weight is 454 g/mol. The third-order valence-electron chi connectivity index (χ3n) is 5.82. The number of aryl methyl sites for hydroxylation is 1. The van der Waals surface area contributed by atoms with Crippen LogP contribution in [-0.4, -0.2) is 62.1 Å². The molecule has 0 aliphatic carbocycles. The molecule has 0 radical (unpaired) electrons. The number of nitriles is 1. The second-order valence-electron chi connectivity index (χ2n) is 8.00. The molecule has 2 N–H and O–H groups in total. The number of hydrogen-bond acceptors (Lipinski definition) is 6. The number of nitrogens with one attached hydrogen (secondary N) is 2. The first kappa shape index (κ1) is 21.4. The molecule has 170 valence electrons. The highest BCUT2D eigenvalue weighted by Gasteiger charge is 2.27. The van der Waals surface area contributed by atoms with Crippen LogP contribution < -0.4 is 10.6 Å². The lowest BCUT2D eigenvalue weighted by molar-refractivity contribution is 0.0731. The number of carbonyl (C=O) groups excluding carboxylic acids is 2. The van der Waals surface area contributed by atoms with Crippen LogP contribution in [0, 0.1) is 11.3 Å². The van der Waals surface area contributed by atoms with Crippen LogP contribution >= 0.6 is 0 Å². The molecule has 10 nitrogen and oxygen atoms in total. The number of piperazine rings is 1. The van der Waals surface area contributed by atoms with Crippen molar-refractivity contribution in [1.29, 1.82) is 5.26 Å². The summed E-state index contributed by atoms with van der Waals surface area (Å²) < 4.78 is 3.12. The van der Waals surface area contributed by atoms with Gasteiger partial charge in [-0.3, -0.25) is 14.3 Å². The Kier molecular flexibility index (Phi) is 5.53. The summed E-state index contributed by atoms with van der Waals surface area (Å²) in [7, 11) is 1.61. The van der Waals surface area contributed by atoms with E-state index in [2.05, 4.69) is 26.8 Å². The molecule has 1 aliphatic rings. The van der Waals surface area contributed by atoms with Crippen LogP contribution in [0.2, 0.25) is 0 Å². The monoisotopic (exact) mass is 454 g/mol. The Labute approximate surface area is 195 Å². The molecule has 1 aromatic carbocycles. The lowest BCUT2D eigenvalue weighted by Crippen LogP contribution is -2.46. The number of anilines is 1. The first-order chi connectivity index (χ1) is 16.5. The predicted octanol–water partition coefficient (Wildman–Crippen LogP) is 1.90. The minimum absolute atomic E-state index is 0.139. The Bertz CT molecular complexity index is 1420. The van der Waals surface area contributed by atoms with E-state index in [1.807, 2.05) is 36.5 Å². The summed E-state index contributed by atoms with van der Waals surface area (Å²) in [6, 6.07) is 13.5. The summed E-state index contributed by atoms with van der Waals surface area (Å²) in [4.78, 5) is 32.6. The zero-order valence-corrected chi connectivity index (χ0v) is 18.5. The first-order valence-corrected chi connectivity index (χ1v) is 10.9. The third kappa shape index (κ3) is 3.89. The van der Waals surface area contributed by atoms with Crippen molar-refractivity contribution >= 4 is 23.1 Å². The summed E-state index contributed by atoms with van der Waals surface area (Å²) >= 11 is 0. The smallest absolute Gasteiger partial charge is 0.274 e. The van der Waals surface area contributed by atoms with Crippen LogP contribution in [0.1, 0.15) is 26.4 Å². The van der Waals surface area contributed by atoms with Crippen LogP contribution in [0.15, 0.2) is 55.0 Å². The van der Waals surface area contributed by atoms with E-state index in [1.54, 1.807) is 28.6 Å². The molecule has 4 heterocycles. The molecule has 4 aromatic rings. The van der Waals surface area contributed by atoms with Crippen molar-refractivity contribution in [1.82, 2.24) is 29.4 Å². The van der Waals surface area contributed by atoms with Gasteiger partial charge in [-0.25, -0.2) is 4.98 Å². The maximum absolute atomic E-state index is 13.2. The quantitative estimate of drug-likeness (QED) is 0.486. The van der Waals surface area contributed by atoms with Gasteiger partial charge in [-0.05, 0) is 0 Å². The fraction of sp³-hybridized carbons (Fsp3) is 0.208. The Morgan fingerprint density at radius 1 is 1.15 bits per heavy atom. The van der Waals surface area contributed by atoms with Gasteiger partial charge in [0.2, 0.25) is 0 Å². The van der Waals surface area contributed by atoms with Crippen molar-refractivity contribution in [3.63, 3.8) is 0 Å². The number of carbonyl (C=O) groups is 2. The lowest BCUT2D eigenvalue weighted by atomic mass is 10.1. The Hall–Kier alpha value is -4.49. The van der Waals surface area contributed by atoms with Crippen molar-refractivity contribution in [2.24, 2.45) is 7.05 Å². The summed E-state index contributed by atoms with van der Waals surface area (Å²) in [5, 5.41) is 19.8. The fourth-order valence-electron chi connectivity index (χ4n) is 4.06. The van der Waals surface area contributed by atoms with E-state index < -0.39 is 5.91 Å². The molecule has 3 aromatic heterocycles. The number of aromatic nitrogens is 4. The number of fused-ring (bicyclic) bond motifs is 1. The van der Waals surface area contributed by atoms with Gasteiger partial charge in [-0.15, -0.1) is 0 Å². The van der Waals surface area contributed by atoms with Crippen molar-refractivity contribution in [2.45, 2.75) is 0 Å². The van der Waals surface area contributed by atoms with E-state index >= 15 is 0 Å². The summed E-state index contributed by atoms with van der Waals surface area (Å²) in [6.07, 6.45) is 4.87. The molecule has 1 aliphatic heterocycles. The van der Waals surface area contributed by atoms with Gasteiger partial charge in [0.05, 0.1) is 28.7 Å². The van der Waals surface area contributed by atoms with Crippen LogP contribution in [0.25, 0.3) is 16.9 Å². The van der Waals surface area contributed by atoms with E-state index in [0.717, 1.165) is 11.3 Å². The van der Waals surface area contributed by atoms with Crippen LogP contribution in [0.5, 0.6) is 0 Å². The van der Waals surface area contributed by atoms with Crippen LogP contribution in [-0.2, 0) is 7.05 Å². The molecule has 1 saturated heterocycles. The van der Waals surface area contributed by atoms with Crippen molar-refractivity contribution in [3.05, 3.63) is 71.8 Å². The maximum atomic E-state index is 13.2. The number of hydrogen-bond donors (Lipinski definition) is 2. The van der Waals surface area contributed by atoms with Gasteiger partial charge in [0.1, 0.15) is 17.4 Å². The molecule has 0 saturated carbocycles. The zero-order valence-electron chi connectivity index (χ0n) is 18.5. The number of imidazole rings is 1. The number of nitrogens with zero attached hydrogens (tertiary/aromatic N) is 6. The topological polar surface area (TPSA) is 120 Å². The number of rotatable bonds is 4. The molecular weight excluding hydrogens is 432 g/mol. The molecule has 2 amide bonds. The lowest BCUT2D eigenvalue weighted by Gasteiger charge is -2.27. The Morgan fingerprint density at radius 2 is 1.91 bits per heavy atom. The average Bonchev–Trinajstić information content (AvgIpc) is 3.47. The fourth-order valence-corrected chi connectivity index (χ4v) is 4.06. The molecular formula is C24H22N8O2. The second-order valence-corrected chi connectivity index (χ2v) is 8.00. The minimum atomic E-state index is -0.519. The van der Waals surface area contributed by atoms with Crippen molar-refractivity contribution in [3.8, 4) is 17.3 Å². The zero-order chi connectivity index (χ0) is 23.7. The predicted molar refractivity (Wildman–Crippen MR) is 125 cm³/mol. The third-order valence-corrected chi connectivity index (χ3v) is 5.82. The van der Waals surface area contributed by atoms with E-state index in [0.29, 0.717) is 37.5 Å². The second kappa shape index (κ2) is 8.80. The molecule has 10 heteroatoms. The molecule has 34 heavy (non-hydrogen) atoms. The molecule has 0 spiro atoms. The maximum Gasteiger partial charge on any atom is 0.274 e. The number of benzene rings is 1. The SMILES string of the molecule is Cn1ncc(C(=O)N2CCNCC2)c1C(=O)Nc1cc2nc(-c3ccccc3)cn2cc1C#N. The summed E-state index contributed by atoms with van der Waals surface area (Å²) in [5.74, 6) is -0.759. The standard InChI is InChI=1S/C24H22N8O2/c1-30-22(18(13-27-30)24(34)31-9-7-26-8-10-31)23(33)29-19-11-21-28-20(16-5-3-2-4-6-16)15-32(21)14-17(19)12-25/h2-6,11,13-15,26H,7-10H2,1H3,(H,29,33). The largest absolute Gasteiger partial charge is 0.336 e. The van der Waals surface area contributed by atoms with Gasteiger partial charge in [-0.2, -0.15) is 10.4 Å². The van der Waals surface area contributed by atoms with Crippen molar-refractivity contribution < 1.29 is 9.59 Å². The highest BCUT2D eigenvalue weighted by Crippen LogP contribution is 2.24. The summed E-state index contributed by atoms with van der Waals surface area (Å²) in [5.41, 5.74) is 3.23. The summed E-state index contributed by atoms with van der Waals surface area (Å²) in [6.45, 7) is 2.53. The number of amides is 2. The van der Waals surface area contributed by atoms with Gasteiger partial charge in [-0.1, -0.05) is 30.3 Å². The van der Waals surface area contributed by atoms with Gasteiger partial charge < -0.3 is 19.9 Å². The normalized spacial score (nSPS) is 13.6. The van der Waals surface area contributed by atoms with Crippen LogP contribution in [0.3, 0.4) is 0 Å². The molecule has 0 bridgehead atoms. The molecule has 5 rings (SSSR count). The molecule has 1 fully saturated rings. The van der Waals surface area contributed by atoms with Crippen molar-refractivity contribution in [2.75, 3.05) is 31.5 Å². The minimum Gasteiger partial charge on any atom is -0.336 e. The molecule has 0 unspecified atom stereocenters. The Balaban J connectivity index is 1.46. The number of pyridine rings is 1. The van der Waals surface area contributed by atoms with Crippen LogP contribution in [0.4, 0.5) is 5.69 Å². The van der Waals surface area contributed by atoms with Gasteiger partial charge in [0.15, 0.2) is 0 Å². The van der Waals surface area contributed by atoms with E-state index in [4.69, 9.17) is 0 Å². The Morgan fingerprint density at radius 3 is 2.65 bits per heavy atom. The van der Waals surface area contributed by atoms with Gasteiger partial charge in [0, 0.05) is 57.3 Å². The van der Waals surface area contributed by atoms with Gasteiger partial charge >= 0.3 is 0 Å². The molecule has 0 atom stereocenters. The highest BCUT2D eigenvalue weighted by atomic mass is 16.2. The highest BCUT2D eigenvalue weighted by molar-refractivity contribution is 6.11. The van der Waals surface area contributed by atoms with E-state index in [9.17, 15) is 14.9 Å². The van der Waals surface area contributed by atoms with E-state index in [1.165, 1.54) is 10.9 Å². The van der Waals surface area contributed by atoms with E-state index in [-0.39, 0.29) is 22.7 Å².